The van der Waals surface area contributed by atoms with E-state index in [0.29, 0.717) is 18.5 Å². The zero-order valence-electron chi connectivity index (χ0n) is 14.8. The third-order valence-electron chi connectivity index (χ3n) is 3.71. The van der Waals surface area contributed by atoms with Gasteiger partial charge in [-0.05, 0) is 41.8 Å². The van der Waals surface area contributed by atoms with Crippen LogP contribution in [0.3, 0.4) is 0 Å². The van der Waals surface area contributed by atoms with E-state index in [-0.39, 0.29) is 17.1 Å². The van der Waals surface area contributed by atoms with Crippen LogP contribution in [0.4, 0.5) is 0 Å². The van der Waals surface area contributed by atoms with E-state index in [0.717, 1.165) is 11.3 Å². The fourth-order valence-corrected chi connectivity index (χ4v) is 2.45. The number of allylic oxidation sites excluding steroid dienone is 2. The lowest BCUT2D eigenvalue weighted by Crippen LogP contribution is -2.26. The number of nitriles is 1. The highest BCUT2D eigenvalue weighted by Crippen LogP contribution is 2.21. The monoisotopic (exact) mass is 364 g/mol. The first-order valence-corrected chi connectivity index (χ1v) is 8.25. The number of rotatable bonds is 7. The van der Waals surface area contributed by atoms with Crippen LogP contribution in [0.15, 0.2) is 60.2 Å². The highest BCUT2D eigenvalue weighted by molar-refractivity contribution is 5.97. The zero-order chi connectivity index (χ0) is 19.6. The minimum Gasteiger partial charge on any atom is -0.508 e. The molecule has 0 fully saturated rings. The molecule has 0 heterocycles. The Morgan fingerprint density at radius 1 is 1.22 bits per heavy atom. The second-order valence-electron chi connectivity index (χ2n) is 5.65. The molecule has 2 rings (SSSR count). The van der Waals surface area contributed by atoms with E-state index in [1.165, 1.54) is 30.4 Å². The number of para-hydroxylation sites is 1. The largest absolute Gasteiger partial charge is 0.508 e. The van der Waals surface area contributed by atoms with Crippen molar-refractivity contribution in [3.8, 4) is 23.3 Å². The van der Waals surface area contributed by atoms with Gasteiger partial charge in [0.15, 0.2) is 0 Å². The van der Waals surface area contributed by atoms with Crippen molar-refractivity contribution in [1.82, 2.24) is 5.32 Å². The molecule has 6 heteroatoms. The van der Waals surface area contributed by atoms with Gasteiger partial charge < -0.3 is 20.3 Å². The van der Waals surface area contributed by atoms with Crippen LogP contribution in [0.25, 0.3) is 6.08 Å². The molecule has 0 aromatic heterocycles. The number of phenols is 2. The molecule has 0 bridgehead atoms. The Morgan fingerprint density at radius 2 is 1.93 bits per heavy atom. The third kappa shape index (κ3) is 5.94. The number of benzene rings is 2. The average Bonchev–Trinajstić information content (AvgIpc) is 2.64. The van der Waals surface area contributed by atoms with E-state index < -0.39 is 5.91 Å². The summed E-state index contributed by atoms with van der Waals surface area (Å²) in [5.41, 5.74) is 1.46. The topological polar surface area (TPSA) is 103 Å². The van der Waals surface area contributed by atoms with Gasteiger partial charge in [-0.1, -0.05) is 30.4 Å². The third-order valence-corrected chi connectivity index (χ3v) is 3.71. The number of nitrogens with zero attached hydrogens (tertiary/aromatic N) is 1. The molecule has 1 amide bonds. The molecule has 138 valence electrons. The van der Waals surface area contributed by atoms with Gasteiger partial charge >= 0.3 is 0 Å². The Hall–Kier alpha value is -3.72. The number of ether oxygens (including phenoxy) is 1. The van der Waals surface area contributed by atoms with Gasteiger partial charge in [0.25, 0.3) is 5.91 Å². The Kier molecular flexibility index (Phi) is 7.03. The Bertz CT molecular complexity index is 890. The van der Waals surface area contributed by atoms with Crippen molar-refractivity contribution in [3.63, 3.8) is 0 Å². The van der Waals surface area contributed by atoms with Crippen molar-refractivity contribution in [3.05, 3.63) is 71.3 Å². The number of hydrogen-bond donors (Lipinski definition) is 3. The van der Waals surface area contributed by atoms with Gasteiger partial charge in [-0.25, -0.2) is 0 Å². The van der Waals surface area contributed by atoms with Crippen LogP contribution in [0, 0.1) is 11.3 Å². The fraction of sp³-hybridized carbons (Fsp3) is 0.143. The zero-order valence-corrected chi connectivity index (χ0v) is 14.8. The number of methoxy groups -OCH3 is 1. The number of nitrogens with one attached hydrogen (secondary N) is 1. The maximum Gasteiger partial charge on any atom is 0.261 e. The van der Waals surface area contributed by atoms with Crippen LogP contribution in [0.1, 0.15) is 11.1 Å². The highest BCUT2D eigenvalue weighted by Gasteiger charge is 2.08. The van der Waals surface area contributed by atoms with Gasteiger partial charge in [0, 0.05) is 12.6 Å². The summed E-state index contributed by atoms with van der Waals surface area (Å²) in [4.78, 5) is 12.1. The maximum absolute atomic E-state index is 12.1. The second kappa shape index (κ2) is 9.68. The number of hydrogen-bond acceptors (Lipinski definition) is 5. The molecule has 0 saturated carbocycles. The molecule has 0 unspecified atom stereocenters. The predicted octanol–water partition coefficient (Wildman–Crippen LogP) is 2.93. The normalized spacial score (nSPS) is 11.2. The molecule has 0 saturated heterocycles. The standard InChI is InChI=1S/C21H20N2O4/c1-27-20-8-3-2-6-16(20)9-10-23-21(26)17(14-22)7-4-5-15-11-18(24)13-19(25)12-15/h2-8,11-13,24-25H,9-10H2,1H3,(H,23,26). The lowest BCUT2D eigenvalue weighted by Gasteiger charge is -2.08. The molecule has 6 nitrogen and oxygen atoms in total. The summed E-state index contributed by atoms with van der Waals surface area (Å²) in [7, 11) is 1.59. The molecular formula is C21H20N2O4. The molecule has 0 aliphatic carbocycles. The van der Waals surface area contributed by atoms with E-state index in [1.54, 1.807) is 13.2 Å². The smallest absolute Gasteiger partial charge is 0.261 e. The molecule has 0 aliphatic heterocycles. The van der Waals surface area contributed by atoms with E-state index in [9.17, 15) is 15.0 Å². The molecule has 0 atom stereocenters. The van der Waals surface area contributed by atoms with Gasteiger partial charge in [0.05, 0.1) is 7.11 Å². The van der Waals surface area contributed by atoms with Crippen LogP contribution in [-0.4, -0.2) is 29.8 Å². The number of carbonyl (C=O) groups is 1. The number of aromatic hydroxyl groups is 2. The molecule has 0 aliphatic rings. The van der Waals surface area contributed by atoms with Crippen molar-refractivity contribution >= 4 is 12.0 Å². The average molecular weight is 364 g/mol. The summed E-state index contributed by atoms with van der Waals surface area (Å²) in [6.45, 7) is 0.363. The minimum atomic E-state index is -0.476. The first-order chi connectivity index (χ1) is 13.0. The van der Waals surface area contributed by atoms with E-state index in [1.807, 2.05) is 30.3 Å². The quantitative estimate of drug-likeness (QED) is 0.398. The van der Waals surface area contributed by atoms with Crippen LogP contribution in [-0.2, 0) is 11.2 Å². The van der Waals surface area contributed by atoms with Crippen molar-refractivity contribution in [2.75, 3.05) is 13.7 Å². The van der Waals surface area contributed by atoms with E-state index >= 15 is 0 Å². The van der Waals surface area contributed by atoms with Crippen LogP contribution >= 0.6 is 0 Å². The van der Waals surface area contributed by atoms with Crippen LogP contribution in [0.5, 0.6) is 17.2 Å². The maximum atomic E-state index is 12.1. The van der Waals surface area contributed by atoms with Crippen molar-refractivity contribution in [1.29, 1.82) is 5.26 Å². The van der Waals surface area contributed by atoms with Gasteiger partial charge in [0.1, 0.15) is 28.9 Å². The van der Waals surface area contributed by atoms with E-state index in [4.69, 9.17) is 10.00 Å². The first kappa shape index (κ1) is 19.6. The molecule has 3 N–H and O–H groups in total. The molecule has 27 heavy (non-hydrogen) atoms. The summed E-state index contributed by atoms with van der Waals surface area (Å²) in [5.74, 6) is 0.123. The van der Waals surface area contributed by atoms with Gasteiger partial charge in [-0.2, -0.15) is 5.26 Å². The highest BCUT2D eigenvalue weighted by atomic mass is 16.5. The summed E-state index contributed by atoms with van der Waals surface area (Å²) in [6, 6.07) is 13.5. The molecule has 2 aromatic carbocycles. The number of carbonyl (C=O) groups excluding carboxylic acids is 1. The summed E-state index contributed by atoms with van der Waals surface area (Å²) < 4.78 is 5.26. The van der Waals surface area contributed by atoms with Crippen LogP contribution < -0.4 is 10.1 Å². The molecule has 0 radical (unpaired) electrons. The van der Waals surface area contributed by atoms with Crippen LogP contribution in [0.2, 0.25) is 0 Å². The lowest BCUT2D eigenvalue weighted by molar-refractivity contribution is -0.117. The first-order valence-electron chi connectivity index (χ1n) is 8.25. The lowest BCUT2D eigenvalue weighted by atomic mass is 10.1. The second-order valence-corrected chi connectivity index (χ2v) is 5.65. The SMILES string of the molecule is COc1ccccc1CCNC(=O)C(C#N)=CC=Cc1cc(O)cc(O)c1. The van der Waals surface area contributed by atoms with Gasteiger partial charge in [0.2, 0.25) is 0 Å². The summed E-state index contributed by atoms with van der Waals surface area (Å²) in [5, 5.41) is 30.7. The Balaban J connectivity index is 1.95. The fourth-order valence-electron chi connectivity index (χ4n) is 2.45. The van der Waals surface area contributed by atoms with Crippen molar-refractivity contribution < 1.29 is 19.7 Å². The Labute approximate surface area is 157 Å². The molecular weight excluding hydrogens is 344 g/mol. The number of phenolic OH excluding ortho intramolecular Hbond substituents is 2. The van der Waals surface area contributed by atoms with Crippen molar-refractivity contribution in [2.45, 2.75) is 6.42 Å². The van der Waals surface area contributed by atoms with Gasteiger partial charge in [-0.15, -0.1) is 0 Å². The Morgan fingerprint density at radius 3 is 2.59 bits per heavy atom. The van der Waals surface area contributed by atoms with Crippen molar-refractivity contribution in [2.24, 2.45) is 0 Å². The van der Waals surface area contributed by atoms with Gasteiger partial charge in [-0.3, -0.25) is 4.79 Å². The van der Waals surface area contributed by atoms with E-state index in [2.05, 4.69) is 5.32 Å². The molecule has 2 aromatic rings. The molecule has 0 spiro atoms. The summed E-state index contributed by atoms with van der Waals surface area (Å²) in [6.07, 6.45) is 5.03. The minimum absolute atomic E-state index is 0.0457. The summed E-state index contributed by atoms with van der Waals surface area (Å²) >= 11 is 0. The predicted molar refractivity (Wildman–Crippen MR) is 102 cm³/mol. The number of amides is 1.